The maximum atomic E-state index is 12.1. The lowest BCUT2D eigenvalue weighted by Crippen LogP contribution is -2.47. The van der Waals surface area contributed by atoms with Crippen LogP contribution < -0.4 is 11.1 Å². The van der Waals surface area contributed by atoms with E-state index < -0.39 is 11.9 Å². The van der Waals surface area contributed by atoms with Gasteiger partial charge in [0, 0.05) is 18.0 Å². The van der Waals surface area contributed by atoms with E-state index in [1.165, 1.54) is 4.90 Å². The molecule has 20 heavy (non-hydrogen) atoms. The summed E-state index contributed by atoms with van der Waals surface area (Å²) in [6, 6.07) is 7.32. The van der Waals surface area contributed by atoms with Gasteiger partial charge in [-0.05, 0) is 36.8 Å². The van der Waals surface area contributed by atoms with E-state index in [0.717, 1.165) is 16.9 Å². The van der Waals surface area contributed by atoms with Gasteiger partial charge in [-0.15, -0.1) is 11.8 Å². The van der Waals surface area contributed by atoms with Crippen molar-refractivity contribution in [3.63, 3.8) is 0 Å². The van der Waals surface area contributed by atoms with Crippen molar-refractivity contribution in [2.75, 3.05) is 12.8 Å². The van der Waals surface area contributed by atoms with Crippen molar-refractivity contribution >= 4 is 23.7 Å². The van der Waals surface area contributed by atoms with E-state index in [2.05, 4.69) is 5.32 Å². The van der Waals surface area contributed by atoms with Gasteiger partial charge in [0.25, 0.3) is 0 Å². The standard InChI is InChI=1S/C14H19N3O2S/c1-20-11-5-2-4-10(8-11)9-16-14(19)17-7-3-6-12(17)13(15)18/h2,4-5,8,12H,3,6-7,9H2,1H3,(H2,15,18)(H,16,19)/t12-/m0/s1. The largest absolute Gasteiger partial charge is 0.368 e. The normalized spacial score (nSPS) is 18.1. The zero-order valence-electron chi connectivity index (χ0n) is 11.5. The highest BCUT2D eigenvalue weighted by molar-refractivity contribution is 7.98. The highest BCUT2D eigenvalue weighted by Gasteiger charge is 2.32. The number of nitrogens with one attached hydrogen (secondary N) is 1. The van der Waals surface area contributed by atoms with E-state index in [0.29, 0.717) is 19.5 Å². The number of benzene rings is 1. The summed E-state index contributed by atoms with van der Waals surface area (Å²) in [4.78, 5) is 26.1. The Morgan fingerprint density at radius 2 is 2.30 bits per heavy atom. The first kappa shape index (κ1) is 14.7. The molecular weight excluding hydrogens is 274 g/mol. The molecule has 0 unspecified atom stereocenters. The summed E-state index contributed by atoms with van der Waals surface area (Å²) in [7, 11) is 0. The van der Waals surface area contributed by atoms with E-state index in [-0.39, 0.29) is 6.03 Å². The van der Waals surface area contributed by atoms with Crippen molar-refractivity contribution in [3.05, 3.63) is 29.8 Å². The lowest BCUT2D eigenvalue weighted by molar-refractivity contribution is -0.121. The molecule has 3 N–H and O–H groups in total. The van der Waals surface area contributed by atoms with Crippen LogP contribution in [0.1, 0.15) is 18.4 Å². The Hall–Kier alpha value is -1.69. The van der Waals surface area contributed by atoms with Crippen molar-refractivity contribution in [3.8, 4) is 0 Å². The van der Waals surface area contributed by atoms with Gasteiger partial charge in [0.05, 0.1) is 0 Å². The molecule has 1 saturated heterocycles. The van der Waals surface area contributed by atoms with Crippen LogP contribution in [-0.4, -0.2) is 35.7 Å². The van der Waals surface area contributed by atoms with Gasteiger partial charge in [-0.1, -0.05) is 12.1 Å². The van der Waals surface area contributed by atoms with Crippen molar-refractivity contribution in [1.82, 2.24) is 10.2 Å². The van der Waals surface area contributed by atoms with Gasteiger partial charge in [0.1, 0.15) is 6.04 Å². The molecule has 0 radical (unpaired) electrons. The van der Waals surface area contributed by atoms with Crippen molar-refractivity contribution in [2.45, 2.75) is 30.3 Å². The van der Waals surface area contributed by atoms with Crippen LogP contribution in [0.15, 0.2) is 29.2 Å². The van der Waals surface area contributed by atoms with Gasteiger partial charge in [0.15, 0.2) is 0 Å². The zero-order valence-corrected chi connectivity index (χ0v) is 12.3. The van der Waals surface area contributed by atoms with Crippen LogP contribution in [0.25, 0.3) is 0 Å². The van der Waals surface area contributed by atoms with Gasteiger partial charge in [-0.3, -0.25) is 4.79 Å². The Bertz CT molecular complexity index is 507. The highest BCUT2D eigenvalue weighted by atomic mass is 32.2. The minimum atomic E-state index is -0.465. The fraction of sp³-hybridized carbons (Fsp3) is 0.429. The van der Waals surface area contributed by atoms with Crippen LogP contribution in [-0.2, 0) is 11.3 Å². The molecule has 0 aromatic heterocycles. The molecule has 1 fully saturated rings. The maximum absolute atomic E-state index is 12.1. The fourth-order valence-electron chi connectivity index (χ4n) is 2.37. The van der Waals surface area contributed by atoms with Gasteiger partial charge < -0.3 is 16.0 Å². The van der Waals surface area contributed by atoms with Crippen molar-refractivity contribution < 1.29 is 9.59 Å². The Balaban J connectivity index is 1.93. The number of hydrogen-bond acceptors (Lipinski definition) is 3. The monoisotopic (exact) mass is 293 g/mol. The second kappa shape index (κ2) is 6.65. The second-order valence-electron chi connectivity index (χ2n) is 4.76. The third-order valence-corrected chi connectivity index (χ3v) is 4.15. The van der Waals surface area contributed by atoms with Crippen LogP contribution in [0.5, 0.6) is 0 Å². The summed E-state index contributed by atoms with van der Waals surface area (Å²) in [5, 5.41) is 2.85. The van der Waals surface area contributed by atoms with E-state index >= 15 is 0 Å². The van der Waals surface area contributed by atoms with E-state index in [4.69, 9.17) is 5.73 Å². The topological polar surface area (TPSA) is 75.4 Å². The number of likely N-dealkylation sites (tertiary alicyclic amines) is 1. The number of nitrogens with zero attached hydrogens (tertiary/aromatic N) is 1. The smallest absolute Gasteiger partial charge is 0.318 e. The first-order valence-corrected chi connectivity index (χ1v) is 7.81. The molecule has 1 aromatic rings. The third kappa shape index (κ3) is 3.45. The molecule has 0 aliphatic carbocycles. The lowest BCUT2D eigenvalue weighted by atomic mass is 10.2. The molecule has 3 amide bonds. The second-order valence-corrected chi connectivity index (χ2v) is 5.64. The number of carbonyl (C=O) groups excluding carboxylic acids is 2. The number of hydrogen-bond donors (Lipinski definition) is 2. The van der Waals surface area contributed by atoms with Gasteiger partial charge in [-0.25, -0.2) is 4.79 Å². The van der Waals surface area contributed by atoms with Crippen LogP contribution >= 0.6 is 11.8 Å². The van der Waals surface area contributed by atoms with Crippen LogP contribution in [0.3, 0.4) is 0 Å². The fourth-order valence-corrected chi connectivity index (χ4v) is 2.85. The summed E-state index contributed by atoms with van der Waals surface area (Å²) in [6.45, 7) is 1.04. The molecule has 1 aliphatic heterocycles. The Kier molecular flexibility index (Phi) is 4.89. The molecule has 108 valence electrons. The summed E-state index contributed by atoms with van der Waals surface area (Å²) >= 11 is 1.66. The van der Waals surface area contributed by atoms with E-state index in [1.54, 1.807) is 11.8 Å². The maximum Gasteiger partial charge on any atom is 0.318 e. The molecule has 1 aromatic carbocycles. The Morgan fingerprint density at radius 1 is 1.50 bits per heavy atom. The molecule has 6 heteroatoms. The molecular formula is C14H19N3O2S. The molecule has 5 nitrogen and oxygen atoms in total. The quantitative estimate of drug-likeness (QED) is 0.827. The van der Waals surface area contributed by atoms with Crippen molar-refractivity contribution in [1.29, 1.82) is 0 Å². The number of urea groups is 1. The molecule has 1 aliphatic rings. The Morgan fingerprint density at radius 3 is 3.00 bits per heavy atom. The molecule has 0 spiro atoms. The molecule has 1 heterocycles. The summed E-state index contributed by atoms with van der Waals surface area (Å²) in [5.41, 5.74) is 6.35. The predicted molar refractivity (Wildman–Crippen MR) is 79.4 cm³/mol. The molecule has 0 bridgehead atoms. The third-order valence-electron chi connectivity index (χ3n) is 3.42. The molecule has 2 rings (SSSR count). The summed E-state index contributed by atoms with van der Waals surface area (Å²) in [5.74, 6) is -0.429. The first-order chi connectivity index (χ1) is 9.61. The minimum absolute atomic E-state index is 0.221. The number of carbonyl (C=O) groups is 2. The zero-order chi connectivity index (χ0) is 14.5. The number of amides is 3. The van der Waals surface area contributed by atoms with Crippen molar-refractivity contribution in [2.24, 2.45) is 5.73 Å². The summed E-state index contributed by atoms with van der Waals surface area (Å²) in [6.07, 6.45) is 3.49. The van der Waals surface area contributed by atoms with E-state index in [9.17, 15) is 9.59 Å². The minimum Gasteiger partial charge on any atom is -0.368 e. The van der Waals surface area contributed by atoms with Crippen LogP contribution in [0, 0.1) is 0 Å². The Labute approximate surface area is 122 Å². The van der Waals surface area contributed by atoms with Crippen LogP contribution in [0.4, 0.5) is 4.79 Å². The van der Waals surface area contributed by atoms with E-state index in [1.807, 2.05) is 30.5 Å². The molecule has 1 atom stereocenters. The summed E-state index contributed by atoms with van der Waals surface area (Å²) < 4.78 is 0. The number of thioether (sulfide) groups is 1. The SMILES string of the molecule is CSc1cccc(CNC(=O)N2CCC[C@H]2C(N)=O)c1. The lowest BCUT2D eigenvalue weighted by Gasteiger charge is -2.22. The van der Waals surface area contributed by atoms with Gasteiger partial charge >= 0.3 is 6.03 Å². The predicted octanol–water partition coefficient (Wildman–Crippen LogP) is 1.57. The molecule has 0 saturated carbocycles. The average Bonchev–Trinajstić information content (AvgIpc) is 2.94. The number of rotatable bonds is 4. The number of primary amides is 1. The average molecular weight is 293 g/mol. The highest BCUT2D eigenvalue weighted by Crippen LogP contribution is 2.18. The van der Waals surface area contributed by atoms with Gasteiger partial charge in [-0.2, -0.15) is 0 Å². The first-order valence-electron chi connectivity index (χ1n) is 6.58. The van der Waals surface area contributed by atoms with Gasteiger partial charge in [0.2, 0.25) is 5.91 Å². The van der Waals surface area contributed by atoms with Crippen LogP contribution in [0.2, 0.25) is 0 Å². The number of nitrogens with two attached hydrogens (primary N) is 1.